The predicted octanol–water partition coefficient (Wildman–Crippen LogP) is 2.47. The minimum absolute atomic E-state index is 0.280. The van der Waals surface area contributed by atoms with E-state index in [4.69, 9.17) is 9.15 Å². The van der Waals surface area contributed by atoms with Gasteiger partial charge in [0.2, 0.25) is 0 Å². The van der Waals surface area contributed by atoms with E-state index in [1.165, 1.54) is 0 Å². The lowest BCUT2D eigenvalue weighted by Gasteiger charge is -2.27. The largest absolute Gasteiger partial charge is 0.423 e. The van der Waals surface area contributed by atoms with Crippen LogP contribution >= 0.6 is 0 Å². The molecule has 5 nitrogen and oxygen atoms in total. The first kappa shape index (κ1) is 16.0. The van der Waals surface area contributed by atoms with Crippen molar-refractivity contribution in [1.29, 1.82) is 0 Å². The van der Waals surface area contributed by atoms with Crippen LogP contribution in [0.1, 0.15) is 19.4 Å². The van der Waals surface area contributed by atoms with Crippen molar-refractivity contribution in [2.24, 2.45) is 0 Å². The molecule has 2 heterocycles. The van der Waals surface area contributed by atoms with Crippen LogP contribution in [0, 0.1) is 0 Å². The highest BCUT2D eigenvalue weighted by molar-refractivity contribution is 5.83. The molecule has 124 valence electrons. The Morgan fingerprint density at radius 3 is 2.57 bits per heavy atom. The van der Waals surface area contributed by atoms with Crippen LogP contribution in [0.3, 0.4) is 0 Å². The van der Waals surface area contributed by atoms with E-state index in [1.54, 1.807) is 6.07 Å². The van der Waals surface area contributed by atoms with E-state index in [9.17, 15) is 4.79 Å². The molecule has 0 amide bonds. The van der Waals surface area contributed by atoms with E-state index in [1.807, 2.05) is 6.07 Å². The van der Waals surface area contributed by atoms with Crippen molar-refractivity contribution >= 4 is 16.7 Å². The SMILES string of the molecule is CCN(CC)c1ccc2c(CN3CCOCC3)cc(=O)oc2c1. The molecule has 1 saturated heterocycles. The highest BCUT2D eigenvalue weighted by Crippen LogP contribution is 2.24. The first-order valence-electron chi connectivity index (χ1n) is 8.33. The average molecular weight is 316 g/mol. The molecule has 0 bridgehead atoms. The minimum Gasteiger partial charge on any atom is -0.423 e. The van der Waals surface area contributed by atoms with E-state index in [0.717, 1.165) is 62.6 Å². The Bertz CT molecular complexity index is 716. The maximum absolute atomic E-state index is 11.9. The zero-order chi connectivity index (χ0) is 16.2. The van der Waals surface area contributed by atoms with Crippen molar-refractivity contribution in [1.82, 2.24) is 4.90 Å². The number of fused-ring (bicyclic) bond motifs is 1. The summed E-state index contributed by atoms with van der Waals surface area (Å²) in [6.45, 7) is 10.2. The van der Waals surface area contributed by atoms with Crippen LogP contribution in [-0.2, 0) is 11.3 Å². The van der Waals surface area contributed by atoms with Gasteiger partial charge in [-0.05, 0) is 31.5 Å². The molecular weight excluding hydrogens is 292 g/mol. The second-order valence-electron chi connectivity index (χ2n) is 5.83. The molecule has 0 atom stereocenters. The number of morpholine rings is 1. The Morgan fingerprint density at radius 1 is 1.13 bits per heavy atom. The lowest BCUT2D eigenvalue weighted by atomic mass is 10.1. The van der Waals surface area contributed by atoms with Crippen molar-refractivity contribution in [2.75, 3.05) is 44.3 Å². The van der Waals surface area contributed by atoms with E-state index in [0.29, 0.717) is 5.58 Å². The normalized spacial score (nSPS) is 15.9. The van der Waals surface area contributed by atoms with Crippen molar-refractivity contribution in [3.63, 3.8) is 0 Å². The minimum atomic E-state index is -0.280. The van der Waals surface area contributed by atoms with E-state index in [2.05, 4.69) is 35.8 Å². The third-order valence-corrected chi connectivity index (χ3v) is 4.44. The van der Waals surface area contributed by atoms with Gasteiger partial charge in [0.05, 0.1) is 13.2 Å². The topological polar surface area (TPSA) is 45.9 Å². The molecule has 1 aliphatic rings. The Balaban J connectivity index is 1.96. The molecule has 0 saturated carbocycles. The van der Waals surface area contributed by atoms with Crippen molar-refractivity contribution in [3.05, 3.63) is 40.2 Å². The fraction of sp³-hybridized carbons (Fsp3) is 0.500. The second kappa shape index (κ2) is 7.15. The molecule has 0 spiro atoms. The Kier molecular flexibility index (Phi) is 4.98. The maximum Gasteiger partial charge on any atom is 0.336 e. The van der Waals surface area contributed by atoms with E-state index in [-0.39, 0.29) is 5.63 Å². The van der Waals surface area contributed by atoms with Crippen LogP contribution in [0.5, 0.6) is 0 Å². The summed E-state index contributed by atoms with van der Waals surface area (Å²) in [4.78, 5) is 16.5. The van der Waals surface area contributed by atoms with Gasteiger partial charge in [-0.1, -0.05) is 0 Å². The number of anilines is 1. The molecule has 1 aromatic heterocycles. The van der Waals surface area contributed by atoms with Crippen LogP contribution in [0.4, 0.5) is 5.69 Å². The van der Waals surface area contributed by atoms with Crippen molar-refractivity contribution in [3.8, 4) is 0 Å². The molecule has 1 fully saturated rings. The van der Waals surface area contributed by atoms with Gasteiger partial charge >= 0.3 is 5.63 Å². The Hall–Kier alpha value is -1.85. The van der Waals surface area contributed by atoms with Crippen LogP contribution < -0.4 is 10.5 Å². The van der Waals surface area contributed by atoms with Gasteiger partial charge in [-0.25, -0.2) is 4.79 Å². The first-order chi connectivity index (χ1) is 11.2. The summed E-state index contributed by atoms with van der Waals surface area (Å²) in [6, 6.07) is 7.78. The monoisotopic (exact) mass is 316 g/mol. The molecule has 0 unspecified atom stereocenters. The number of benzene rings is 1. The first-order valence-corrected chi connectivity index (χ1v) is 8.33. The van der Waals surface area contributed by atoms with Crippen LogP contribution in [0.25, 0.3) is 11.0 Å². The number of nitrogens with zero attached hydrogens (tertiary/aromatic N) is 2. The molecular formula is C18H24N2O3. The van der Waals surface area contributed by atoms with E-state index < -0.39 is 0 Å². The van der Waals surface area contributed by atoms with Crippen molar-refractivity contribution < 1.29 is 9.15 Å². The molecule has 5 heteroatoms. The fourth-order valence-corrected chi connectivity index (χ4v) is 3.14. The quantitative estimate of drug-likeness (QED) is 0.793. The number of hydrogen-bond donors (Lipinski definition) is 0. The van der Waals surface area contributed by atoms with Gasteiger partial charge < -0.3 is 14.1 Å². The summed E-state index contributed by atoms with van der Waals surface area (Å²) >= 11 is 0. The summed E-state index contributed by atoms with van der Waals surface area (Å²) in [7, 11) is 0. The summed E-state index contributed by atoms with van der Waals surface area (Å²) in [5.41, 5.74) is 2.51. The van der Waals surface area contributed by atoms with Crippen LogP contribution in [0.2, 0.25) is 0 Å². The second-order valence-corrected chi connectivity index (χ2v) is 5.83. The zero-order valence-electron chi connectivity index (χ0n) is 13.9. The van der Waals surface area contributed by atoms with Gasteiger partial charge in [-0.15, -0.1) is 0 Å². The molecule has 2 aromatic rings. The van der Waals surface area contributed by atoms with E-state index >= 15 is 0 Å². The number of ether oxygens (including phenoxy) is 1. The smallest absolute Gasteiger partial charge is 0.336 e. The lowest BCUT2D eigenvalue weighted by Crippen LogP contribution is -2.35. The van der Waals surface area contributed by atoms with Crippen LogP contribution in [-0.4, -0.2) is 44.3 Å². The third kappa shape index (κ3) is 3.57. The standard InChI is InChI=1S/C18H24N2O3/c1-3-20(4-2)15-5-6-16-14(11-18(21)23-17(16)12-15)13-19-7-9-22-10-8-19/h5-6,11-12H,3-4,7-10,13H2,1-2H3. The molecule has 0 N–H and O–H groups in total. The molecule has 1 aliphatic heterocycles. The van der Waals surface area contributed by atoms with Gasteiger partial charge in [0.25, 0.3) is 0 Å². The molecule has 23 heavy (non-hydrogen) atoms. The molecule has 1 aromatic carbocycles. The van der Waals surface area contributed by atoms with Gasteiger partial charge in [0.15, 0.2) is 0 Å². The van der Waals surface area contributed by atoms with Crippen molar-refractivity contribution in [2.45, 2.75) is 20.4 Å². The van der Waals surface area contributed by atoms with Gasteiger partial charge in [0, 0.05) is 55.9 Å². The number of hydrogen-bond acceptors (Lipinski definition) is 5. The zero-order valence-corrected chi connectivity index (χ0v) is 13.9. The highest BCUT2D eigenvalue weighted by Gasteiger charge is 2.14. The summed E-state index contributed by atoms with van der Waals surface area (Å²) in [5, 5.41) is 1.02. The van der Waals surface area contributed by atoms with Crippen LogP contribution in [0.15, 0.2) is 33.5 Å². The maximum atomic E-state index is 11.9. The van der Waals surface area contributed by atoms with Gasteiger partial charge in [0.1, 0.15) is 5.58 Å². The van der Waals surface area contributed by atoms with Gasteiger partial charge in [-0.3, -0.25) is 4.90 Å². The molecule has 0 aliphatic carbocycles. The summed E-state index contributed by atoms with van der Waals surface area (Å²) in [6.07, 6.45) is 0. The van der Waals surface area contributed by atoms with Gasteiger partial charge in [-0.2, -0.15) is 0 Å². The summed E-state index contributed by atoms with van der Waals surface area (Å²) < 4.78 is 10.8. The molecule has 0 radical (unpaired) electrons. The Labute approximate surface area is 136 Å². The third-order valence-electron chi connectivity index (χ3n) is 4.44. The fourth-order valence-electron chi connectivity index (χ4n) is 3.14. The highest BCUT2D eigenvalue weighted by atomic mass is 16.5. The Morgan fingerprint density at radius 2 is 1.87 bits per heavy atom. The predicted molar refractivity (Wildman–Crippen MR) is 92.1 cm³/mol. The summed E-state index contributed by atoms with van der Waals surface area (Å²) in [5.74, 6) is 0. The molecule has 3 rings (SSSR count). The average Bonchev–Trinajstić information content (AvgIpc) is 2.56. The number of rotatable bonds is 5. The lowest BCUT2D eigenvalue weighted by molar-refractivity contribution is 0.0343.